The molecule has 1 amide bonds. The maximum atomic E-state index is 12.3. The minimum absolute atomic E-state index is 0.101. The van der Waals surface area contributed by atoms with E-state index in [0.29, 0.717) is 6.04 Å². The predicted octanol–water partition coefficient (Wildman–Crippen LogP) is 2.27. The SMILES string of the molecule is CN(C(=O)c1ccccc1Br)C1CCNCC1. The zero-order chi connectivity index (χ0) is 12.3. The van der Waals surface area contributed by atoms with E-state index in [2.05, 4.69) is 21.2 Å². The molecular formula is C13H17BrN2O. The Morgan fingerprint density at radius 3 is 2.65 bits per heavy atom. The van der Waals surface area contributed by atoms with Crippen molar-refractivity contribution in [2.45, 2.75) is 18.9 Å². The first-order chi connectivity index (χ1) is 8.20. The lowest BCUT2D eigenvalue weighted by atomic mass is 10.0. The lowest BCUT2D eigenvalue weighted by Crippen LogP contribution is -2.44. The number of hydrogen-bond acceptors (Lipinski definition) is 2. The summed E-state index contributed by atoms with van der Waals surface area (Å²) in [5.74, 6) is 0.101. The Bertz CT molecular complexity index is 402. The molecule has 1 N–H and O–H groups in total. The summed E-state index contributed by atoms with van der Waals surface area (Å²) in [5.41, 5.74) is 0.744. The molecule has 1 aromatic rings. The molecule has 2 rings (SSSR count). The second-order valence-electron chi connectivity index (χ2n) is 4.38. The van der Waals surface area contributed by atoms with Gasteiger partial charge in [-0.3, -0.25) is 4.79 Å². The molecule has 1 saturated heterocycles. The Morgan fingerprint density at radius 2 is 2.00 bits per heavy atom. The number of benzene rings is 1. The van der Waals surface area contributed by atoms with Gasteiger partial charge in [0.2, 0.25) is 0 Å². The lowest BCUT2D eigenvalue weighted by Gasteiger charge is -2.31. The van der Waals surface area contributed by atoms with E-state index >= 15 is 0 Å². The minimum atomic E-state index is 0.101. The van der Waals surface area contributed by atoms with Crippen LogP contribution in [0.15, 0.2) is 28.7 Å². The van der Waals surface area contributed by atoms with E-state index in [1.807, 2.05) is 36.2 Å². The highest BCUT2D eigenvalue weighted by Gasteiger charge is 2.23. The largest absolute Gasteiger partial charge is 0.339 e. The van der Waals surface area contributed by atoms with Crippen molar-refractivity contribution in [3.8, 4) is 0 Å². The Labute approximate surface area is 110 Å². The van der Waals surface area contributed by atoms with Crippen LogP contribution in [0.5, 0.6) is 0 Å². The number of nitrogens with zero attached hydrogens (tertiary/aromatic N) is 1. The normalized spacial score (nSPS) is 16.8. The molecule has 1 heterocycles. The standard InChI is InChI=1S/C13H17BrN2O/c1-16(10-6-8-15-9-7-10)13(17)11-4-2-3-5-12(11)14/h2-5,10,15H,6-9H2,1H3. The van der Waals surface area contributed by atoms with Crippen LogP contribution >= 0.6 is 15.9 Å². The third-order valence-electron chi connectivity index (χ3n) is 3.28. The predicted molar refractivity (Wildman–Crippen MR) is 72.1 cm³/mol. The van der Waals surface area contributed by atoms with Crippen molar-refractivity contribution in [1.29, 1.82) is 0 Å². The lowest BCUT2D eigenvalue weighted by molar-refractivity contribution is 0.0702. The quantitative estimate of drug-likeness (QED) is 0.908. The van der Waals surface area contributed by atoms with Gasteiger partial charge in [0, 0.05) is 17.6 Å². The van der Waals surface area contributed by atoms with E-state index in [4.69, 9.17) is 0 Å². The van der Waals surface area contributed by atoms with Gasteiger partial charge in [0.25, 0.3) is 5.91 Å². The maximum absolute atomic E-state index is 12.3. The fraction of sp³-hybridized carbons (Fsp3) is 0.462. The first kappa shape index (κ1) is 12.6. The van der Waals surface area contributed by atoms with Gasteiger partial charge in [0.05, 0.1) is 5.56 Å². The van der Waals surface area contributed by atoms with Gasteiger partial charge in [-0.2, -0.15) is 0 Å². The van der Waals surface area contributed by atoms with Gasteiger partial charge in [-0.05, 0) is 54.0 Å². The number of hydrogen-bond donors (Lipinski definition) is 1. The Hall–Kier alpha value is -0.870. The summed E-state index contributed by atoms with van der Waals surface area (Å²) < 4.78 is 0.866. The van der Waals surface area contributed by atoms with E-state index in [0.717, 1.165) is 36.0 Å². The van der Waals surface area contributed by atoms with E-state index in [1.165, 1.54) is 0 Å². The molecule has 1 aromatic carbocycles. The number of nitrogens with one attached hydrogen (secondary N) is 1. The molecule has 4 heteroatoms. The second kappa shape index (κ2) is 5.65. The summed E-state index contributed by atoms with van der Waals surface area (Å²) in [6, 6.07) is 7.95. The molecular weight excluding hydrogens is 280 g/mol. The number of carbonyl (C=O) groups excluding carboxylic acids is 1. The number of amides is 1. The third-order valence-corrected chi connectivity index (χ3v) is 3.97. The number of carbonyl (C=O) groups is 1. The molecule has 0 aliphatic carbocycles. The summed E-state index contributed by atoms with van der Waals surface area (Å²) in [6.07, 6.45) is 2.07. The highest BCUT2D eigenvalue weighted by Crippen LogP contribution is 2.20. The molecule has 0 atom stereocenters. The monoisotopic (exact) mass is 296 g/mol. The van der Waals surface area contributed by atoms with E-state index in [9.17, 15) is 4.79 Å². The molecule has 1 aliphatic rings. The molecule has 3 nitrogen and oxygen atoms in total. The average molecular weight is 297 g/mol. The van der Waals surface area contributed by atoms with Gasteiger partial charge in [0.1, 0.15) is 0 Å². The summed E-state index contributed by atoms with van der Waals surface area (Å²) >= 11 is 3.43. The van der Waals surface area contributed by atoms with Crippen LogP contribution in [0.25, 0.3) is 0 Å². The number of piperidine rings is 1. The Kier molecular flexibility index (Phi) is 4.18. The van der Waals surface area contributed by atoms with Crippen molar-refractivity contribution in [1.82, 2.24) is 10.2 Å². The van der Waals surface area contributed by atoms with Crippen LogP contribution in [-0.4, -0.2) is 37.0 Å². The topological polar surface area (TPSA) is 32.3 Å². The summed E-state index contributed by atoms with van der Waals surface area (Å²) in [6.45, 7) is 2.00. The van der Waals surface area contributed by atoms with Crippen LogP contribution in [0.2, 0.25) is 0 Å². The molecule has 0 radical (unpaired) electrons. The fourth-order valence-corrected chi connectivity index (χ4v) is 2.64. The number of rotatable bonds is 2. The molecule has 0 aromatic heterocycles. The van der Waals surface area contributed by atoms with Crippen LogP contribution in [-0.2, 0) is 0 Å². The van der Waals surface area contributed by atoms with E-state index < -0.39 is 0 Å². The van der Waals surface area contributed by atoms with Crippen molar-refractivity contribution in [3.63, 3.8) is 0 Å². The van der Waals surface area contributed by atoms with Crippen molar-refractivity contribution in [2.75, 3.05) is 20.1 Å². The van der Waals surface area contributed by atoms with Crippen molar-refractivity contribution in [2.24, 2.45) is 0 Å². The first-order valence-corrected chi connectivity index (χ1v) is 6.72. The van der Waals surface area contributed by atoms with Crippen LogP contribution in [0.1, 0.15) is 23.2 Å². The Balaban J connectivity index is 2.11. The molecule has 0 spiro atoms. The molecule has 92 valence electrons. The van der Waals surface area contributed by atoms with Gasteiger partial charge >= 0.3 is 0 Å². The molecule has 0 unspecified atom stereocenters. The van der Waals surface area contributed by atoms with Gasteiger partial charge < -0.3 is 10.2 Å². The molecule has 17 heavy (non-hydrogen) atoms. The van der Waals surface area contributed by atoms with Crippen LogP contribution in [0, 0.1) is 0 Å². The van der Waals surface area contributed by atoms with Gasteiger partial charge in [-0.25, -0.2) is 0 Å². The average Bonchev–Trinajstić information content (AvgIpc) is 2.39. The first-order valence-electron chi connectivity index (χ1n) is 5.92. The smallest absolute Gasteiger partial charge is 0.254 e. The molecule has 1 aliphatic heterocycles. The van der Waals surface area contributed by atoms with E-state index in [1.54, 1.807) is 0 Å². The summed E-state index contributed by atoms with van der Waals surface area (Å²) in [7, 11) is 1.90. The summed E-state index contributed by atoms with van der Waals surface area (Å²) in [4.78, 5) is 14.2. The Morgan fingerprint density at radius 1 is 1.35 bits per heavy atom. The van der Waals surface area contributed by atoms with Gasteiger partial charge in [-0.1, -0.05) is 12.1 Å². The van der Waals surface area contributed by atoms with E-state index in [-0.39, 0.29) is 5.91 Å². The highest BCUT2D eigenvalue weighted by molar-refractivity contribution is 9.10. The molecule has 0 bridgehead atoms. The minimum Gasteiger partial charge on any atom is -0.339 e. The van der Waals surface area contributed by atoms with Gasteiger partial charge in [0.15, 0.2) is 0 Å². The molecule has 0 saturated carbocycles. The second-order valence-corrected chi connectivity index (χ2v) is 5.23. The fourth-order valence-electron chi connectivity index (χ4n) is 2.18. The third kappa shape index (κ3) is 2.87. The van der Waals surface area contributed by atoms with Crippen LogP contribution in [0.3, 0.4) is 0 Å². The van der Waals surface area contributed by atoms with Crippen molar-refractivity contribution < 1.29 is 4.79 Å². The van der Waals surface area contributed by atoms with Crippen molar-refractivity contribution >= 4 is 21.8 Å². The van der Waals surface area contributed by atoms with Crippen LogP contribution in [0.4, 0.5) is 0 Å². The number of halogens is 1. The maximum Gasteiger partial charge on any atom is 0.254 e. The van der Waals surface area contributed by atoms with Crippen molar-refractivity contribution in [3.05, 3.63) is 34.3 Å². The van der Waals surface area contributed by atoms with Crippen LogP contribution < -0.4 is 5.32 Å². The molecule has 1 fully saturated rings. The highest BCUT2D eigenvalue weighted by atomic mass is 79.9. The summed E-state index contributed by atoms with van der Waals surface area (Å²) in [5, 5.41) is 3.31. The van der Waals surface area contributed by atoms with Gasteiger partial charge in [-0.15, -0.1) is 0 Å². The zero-order valence-corrected chi connectivity index (χ0v) is 11.5. The zero-order valence-electron chi connectivity index (χ0n) is 9.95.